The Kier molecular flexibility index (Phi) is 6.58. The summed E-state index contributed by atoms with van der Waals surface area (Å²) in [6.07, 6.45) is 2.87. The summed E-state index contributed by atoms with van der Waals surface area (Å²) >= 11 is 0. The maximum atomic E-state index is 11.5. The highest BCUT2D eigenvalue weighted by molar-refractivity contribution is 5.78. The van der Waals surface area contributed by atoms with Gasteiger partial charge in [0.25, 0.3) is 0 Å². The molecule has 0 atom stereocenters. The molecule has 0 aliphatic heterocycles. The Bertz CT molecular complexity index is 390. The van der Waals surface area contributed by atoms with Crippen LogP contribution in [0.3, 0.4) is 0 Å². The fourth-order valence-corrected chi connectivity index (χ4v) is 1.45. The summed E-state index contributed by atoms with van der Waals surface area (Å²) in [5.74, 6) is 0.0981. The Labute approximate surface area is 107 Å². The van der Waals surface area contributed by atoms with Crippen molar-refractivity contribution >= 4 is 5.91 Å². The van der Waals surface area contributed by atoms with Gasteiger partial charge in [-0.25, -0.2) is 0 Å². The van der Waals surface area contributed by atoms with Gasteiger partial charge in [0.2, 0.25) is 5.91 Å². The van der Waals surface area contributed by atoms with Crippen LogP contribution in [0.4, 0.5) is 0 Å². The molecule has 0 aliphatic rings. The van der Waals surface area contributed by atoms with Gasteiger partial charge >= 0.3 is 0 Å². The predicted molar refractivity (Wildman–Crippen MR) is 70.5 cm³/mol. The van der Waals surface area contributed by atoms with Crippen molar-refractivity contribution in [2.75, 3.05) is 19.8 Å². The molecule has 18 heavy (non-hydrogen) atoms. The van der Waals surface area contributed by atoms with Crippen molar-refractivity contribution in [3.8, 4) is 5.75 Å². The van der Waals surface area contributed by atoms with Gasteiger partial charge in [-0.2, -0.15) is 0 Å². The highest BCUT2D eigenvalue weighted by Gasteiger charge is 2.03. The zero-order valence-corrected chi connectivity index (χ0v) is 10.4. The molecule has 0 fully saturated rings. The minimum Gasteiger partial charge on any atom is -0.508 e. The quantitative estimate of drug-likeness (QED) is 0.544. The Hall–Kier alpha value is -1.81. The summed E-state index contributed by atoms with van der Waals surface area (Å²) in [7, 11) is 0. The van der Waals surface area contributed by atoms with E-state index in [1.807, 2.05) is 0 Å². The van der Waals surface area contributed by atoms with Crippen LogP contribution in [0.5, 0.6) is 5.75 Å². The van der Waals surface area contributed by atoms with Gasteiger partial charge in [-0.15, -0.1) is 6.58 Å². The van der Waals surface area contributed by atoms with Gasteiger partial charge in [0.05, 0.1) is 19.6 Å². The van der Waals surface area contributed by atoms with Crippen LogP contribution in [0.1, 0.15) is 12.0 Å². The maximum Gasteiger partial charge on any atom is 0.224 e. The molecule has 2 N–H and O–H groups in total. The zero-order valence-electron chi connectivity index (χ0n) is 10.4. The lowest BCUT2D eigenvalue weighted by Crippen LogP contribution is -2.28. The lowest BCUT2D eigenvalue weighted by molar-refractivity contribution is -0.120. The minimum atomic E-state index is -0.0760. The van der Waals surface area contributed by atoms with E-state index in [-0.39, 0.29) is 18.1 Å². The topological polar surface area (TPSA) is 58.6 Å². The number of carbonyl (C=O) groups excluding carboxylic acids is 1. The van der Waals surface area contributed by atoms with Crippen LogP contribution >= 0.6 is 0 Å². The molecule has 0 saturated heterocycles. The molecule has 4 heteroatoms. The molecule has 0 aliphatic carbocycles. The molecule has 4 nitrogen and oxygen atoms in total. The van der Waals surface area contributed by atoms with Gasteiger partial charge in [-0.05, 0) is 24.1 Å². The molecule has 0 bridgehead atoms. The fraction of sp³-hybridized carbons (Fsp3) is 0.357. The second kappa shape index (κ2) is 8.31. The summed E-state index contributed by atoms with van der Waals surface area (Å²) in [4.78, 5) is 11.5. The van der Waals surface area contributed by atoms with E-state index in [4.69, 9.17) is 4.74 Å². The number of aromatic hydroxyl groups is 1. The molecule has 0 heterocycles. The average molecular weight is 249 g/mol. The molecule has 1 amide bonds. The van der Waals surface area contributed by atoms with Crippen LogP contribution in [0.2, 0.25) is 0 Å². The standard InChI is InChI=1S/C14H19NO3/c1-2-3-8-18-9-7-15-14(17)11-12-5-4-6-13(16)10-12/h2,4-6,10,16H,1,3,7-9,11H2,(H,15,17). The first-order valence-corrected chi connectivity index (χ1v) is 5.95. The van der Waals surface area contributed by atoms with Crippen LogP contribution in [-0.2, 0) is 16.0 Å². The van der Waals surface area contributed by atoms with Crippen molar-refractivity contribution in [3.05, 3.63) is 42.5 Å². The van der Waals surface area contributed by atoms with Crippen molar-refractivity contribution in [1.82, 2.24) is 5.32 Å². The van der Waals surface area contributed by atoms with Crippen LogP contribution < -0.4 is 5.32 Å². The largest absolute Gasteiger partial charge is 0.508 e. The van der Waals surface area contributed by atoms with Gasteiger partial charge in [0.1, 0.15) is 5.75 Å². The van der Waals surface area contributed by atoms with Crippen molar-refractivity contribution < 1.29 is 14.6 Å². The zero-order chi connectivity index (χ0) is 13.2. The van der Waals surface area contributed by atoms with E-state index in [1.165, 1.54) is 0 Å². The first kappa shape index (κ1) is 14.3. The number of hydrogen-bond donors (Lipinski definition) is 2. The molecule has 0 saturated carbocycles. The smallest absolute Gasteiger partial charge is 0.224 e. The molecular formula is C14H19NO3. The SMILES string of the molecule is C=CCCOCCNC(=O)Cc1cccc(O)c1. The minimum absolute atomic E-state index is 0.0760. The lowest BCUT2D eigenvalue weighted by Gasteiger charge is -2.06. The first-order valence-electron chi connectivity index (χ1n) is 5.95. The Morgan fingerprint density at radius 1 is 1.44 bits per heavy atom. The van der Waals surface area contributed by atoms with E-state index in [9.17, 15) is 9.90 Å². The predicted octanol–water partition coefficient (Wildman–Crippen LogP) is 1.64. The van der Waals surface area contributed by atoms with Crippen molar-refractivity contribution in [3.63, 3.8) is 0 Å². The lowest BCUT2D eigenvalue weighted by atomic mass is 10.1. The van der Waals surface area contributed by atoms with Gasteiger partial charge in [-0.1, -0.05) is 18.2 Å². The summed E-state index contributed by atoms with van der Waals surface area (Å²) < 4.78 is 5.27. The molecule has 1 rings (SSSR count). The Balaban J connectivity index is 2.16. The van der Waals surface area contributed by atoms with Crippen LogP contribution in [0.25, 0.3) is 0 Å². The van der Waals surface area contributed by atoms with Crippen LogP contribution in [-0.4, -0.2) is 30.8 Å². The van der Waals surface area contributed by atoms with E-state index < -0.39 is 0 Å². The molecule has 0 aromatic heterocycles. The third-order valence-corrected chi connectivity index (χ3v) is 2.31. The summed E-state index contributed by atoms with van der Waals surface area (Å²) in [6.45, 7) is 5.22. The number of phenolic OH excluding ortho intramolecular Hbond substituents is 1. The fourth-order valence-electron chi connectivity index (χ4n) is 1.45. The van der Waals surface area contributed by atoms with E-state index in [2.05, 4.69) is 11.9 Å². The van der Waals surface area contributed by atoms with E-state index in [0.29, 0.717) is 19.8 Å². The van der Waals surface area contributed by atoms with Gasteiger partial charge in [0.15, 0.2) is 0 Å². The van der Waals surface area contributed by atoms with Gasteiger partial charge < -0.3 is 15.2 Å². The molecule has 0 radical (unpaired) electrons. The van der Waals surface area contributed by atoms with Crippen molar-refractivity contribution in [1.29, 1.82) is 0 Å². The van der Waals surface area contributed by atoms with Crippen molar-refractivity contribution in [2.24, 2.45) is 0 Å². The number of nitrogens with one attached hydrogen (secondary N) is 1. The molecular weight excluding hydrogens is 230 g/mol. The van der Waals surface area contributed by atoms with E-state index >= 15 is 0 Å². The molecule has 1 aromatic rings. The Morgan fingerprint density at radius 3 is 3.00 bits per heavy atom. The highest BCUT2D eigenvalue weighted by Crippen LogP contribution is 2.10. The number of hydrogen-bond acceptors (Lipinski definition) is 3. The third kappa shape index (κ3) is 6.06. The Morgan fingerprint density at radius 2 is 2.28 bits per heavy atom. The number of phenols is 1. The van der Waals surface area contributed by atoms with Gasteiger partial charge in [-0.3, -0.25) is 4.79 Å². The third-order valence-electron chi connectivity index (χ3n) is 2.31. The van der Waals surface area contributed by atoms with Crippen molar-refractivity contribution in [2.45, 2.75) is 12.8 Å². The summed E-state index contributed by atoms with van der Waals surface area (Å²) in [6, 6.07) is 6.69. The number of amides is 1. The summed E-state index contributed by atoms with van der Waals surface area (Å²) in [5, 5.41) is 12.0. The number of benzene rings is 1. The first-order chi connectivity index (χ1) is 8.72. The van der Waals surface area contributed by atoms with Crippen LogP contribution in [0.15, 0.2) is 36.9 Å². The normalized spacial score (nSPS) is 10.0. The molecule has 1 aromatic carbocycles. The number of rotatable bonds is 8. The van der Waals surface area contributed by atoms with Gasteiger partial charge in [0, 0.05) is 6.54 Å². The second-order valence-corrected chi connectivity index (χ2v) is 3.89. The van der Waals surface area contributed by atoms with Crippen LogP contribution in [0, 0.1) is 0 Å². The average Bonchev–Trinajstić information content (AvgIpc) is 2.33. The highest BCUT2D eigenvalue weighted by atomic mass is 16.5. The molecule has 0 spiro atoms. The maximum absolute atomic E-state index is 11.5. The molecule has 0 unspecified atom stereocenters. The second-order valence-electron chi connectivity index (χ2n) is 3.89. The number of carbonyl (C=O) groups is 1. The van der Waals surface area contributed by atoms with E-state index in [1.54, 1.807) is 30.3 Å². The van der Waals surface area contributed by atoms with E-state index in [0.717, 1.165) is 12.0 Å². The monoisotopic (exact) mass is 249 g/mol. The number of ether oxygens (including phenoxy) is 1. The summed E-state index contributed by atoms with van der Waals surface area (Å²) in [5.41, 5.74) is 0.792. The molecule has 98 valence electrons.